The van der Waals surface area contributed by atoms with Crippen molar-refractivity contribution in [1.82, 2.24) is 15.1 Å². The van der Waals surface area contributed by atoms with Crippen LogP contribution in [-0.4, -0.2) is 16.3 Å². The molecule has 2 aromatic rings. The number of hydrogen-bond acceptors (Lipinski definition) is 2. The molecule has 0 aliphatic rings. The van der Waals surface area contributed by atoms with E-state index in [2.05, 4.69) is 52.9 Å². The van der Waals surface area contributed by atoms with Crippen molar-refractivity contribution in [2.45, 2.75) is 26.4 Å². The van der Waals surface area contributed by atoms with Gasteiger partial charge in [-0.2, -0.15) is 5.10 Å². The number of hydrogen-bond donors (Lipinski definition) is 1. The molecule has 0 atom stereocenters. The fourth-order valence-corrected chi connectivity index (χ4v) is 1.95. The number of benzene rings is 1. The maximum Gasteiger partial charge on any atom is 0.0841 e. The Morgan fingerprint density at radius 2 is 2.24 bits per heavy atom. The van der Waals surface area contributed by atoms with Crippen LogP contribution in [0.2, 0.25) is 0 Å². The van der Waals surface area contributed by atoms with E-state index in [1.54, 1.807) is 0 Å². The van der Waals surface area contributed by atoms with Crippen LogP contribution in [0.3, 0.4) is 0 Å². The molecule has 1 heterocycles. The van der Waals surface area contributed by atoms with Gasteiger partial charge >= 0.3 is 0 Å². The highest BCUT2D eigenvalue weighted by atomic mass is 15.3. The van der Waals surface area contributed by atoms with Crippen molar-refractivity contribution < 1.29 is 0 Å². The molecule has 0 radical (unpaired) electrons. The fourth-order valence-electron chi connectivity index (χ4n) is 1.95. The van der Waals surface area contributed by atoms with Crippen LogP contribution in [0.15, 0.2) is 36.9 Å². The van der Waals surface area contributed by atoms with Gasteiger partial charge in [-0.3, -0.25) is 4.68 Å². The molecule has 0 saturated heterocycles. The first kappa shape index (κ1) is 11.9. The minimum absolute atomic E-state index is 0.831. The second-order valence-electron chi connectivity index (χ2n) is 4.04. The van der Waals surface area contributed by atoms with Crippen molar-refractivity contribution in [3.8, 4) is 0 Å². The van der Waals surface area contributed by atoms with E-state index in [1.807, 2.05) is 6.08 Å². The average Bonchev–Trinajstić information content (AvgIpc) is 2.72. The first-order chi connectivity index (χ1) is 8.36. The van der Waals surface area contributed by atoms with Gasteiger partial charge in [0.25, 0.3) is 0 Å². The second kappa shape index (κ2) is 5.64. The predicted octanol–water partition coefficient (Wildman–Crippen LogP) is 2.72. The Balaban J connectivity index is 2.35. The maximum atomic E-state index is 4.67. The molecule has 0 saturated carbocycles. The van der Waals surface area contributed by atoms with Gasteiger partial charge in [0.2, 0.25) is 0 Å². The Hall–Kier alpha value is -1.61. The van der Waals surface area contributed by atoms with Gasteiger partial charge in [0.15, 0.2) is 0 Å². The monoisotopic (exact) mass is 229 g/mol. The van der Waals surface area contributed by atoms with Crippen LogP contribution in [0.25, 0.3) is 10.9 Å². The lowest BCUT2D eigenvalue weighted by molar-refractivity contribution is 0.618. The Morgan fingerprint density at radius 1 is 1.41 bits per heavy atom. The van der Waals surface area contributed by atoms with Gasteiger partial charge in [-0.25, -0.2) is 0 Å². The van der Waals surface area contributed by atoms with E-state index in [4.69, 9.17) is 0 Å². The van der Waals surface area contributed by atoms with E-state index in [1.165, 1.54) is 10.9 Å². The number of aromatic nitrogens is 2. The Labute approximate surface area is 102 Å². The van der Waals surface area contributed by atoms with E-state index in [0.29, 0.717) is 0 Å². The fraction of sp³-hybridized carbons (Fsp3) is 0.357. The first-order valence-electron chi connectivity index (χ1n) is 6.13. The van der Waals surface area contributed by atoms with Crippen LogP contribution in [0, 0.1) is 0 Å². The molecule has 0 unspecified atom stereocenters. The molecule has 0 amide bonds. The number of nitrogens with one attached hydrogen (secondary N) is 1. The number of para-hydroxylation sites is 1. The van der Waals surface area contributed by atoms with Gasteiger partial charge in [-0.15, -0.1) is 6.58 Å². The third-order valence-corrected chi connectivity index (χ3v) is 2.82. The number of fused-ring (bicyclic) bond motifs is 1. The van der Waals surface area contributed by atoms with Gasteiger partial charge in [-0.1, -0.05) is 31.2 Å². The lowest BCUT2D eigenvalue weighted by atomic mass is 10.2. The van der Waals surface area contributed by atoms with Crippen LogP contribution in [0.1, 0.15) is 19.0 Å². The highest BCUT2D eigenvalue weighted by Gasteiger charge is 2.08. The summed E-state index contributed by atoms with van der Waals surface area (Å²) < 4.78 is 2.07. The molecule has 90 valence electrons. The molecule has 1 aromatic carbocycles. The summed E-state index contributed by atoms with van der Waals surface area (Å²) in [5, 5.41) is 9.25. The van der Waals surface area contributed by atoms with Gasteiger partial charge in [-0.05, 0) is 19.0 Å². The molecular weight excluding hydrogens is 210 g/mol. The summed E-state index contributed by atoms with van der Waals surface area (Å²) in [4.78, 5) is 0. The second-order valence-corrected chi connectivity index (χ2v) is 4.04. The summed E-state index contributed by atoms with van der Waals surface area (Å²) >= 11 is 0. The molecule has 2 rings (SSSR count). The minimum Gasteiger partial charge on any atom is -0.311 e. The molecule has 17 heavy (non-hydrogen) atoms. The highest BCUT2D eigenvalue weighted by Crippen LogP contribution is 2.18. The lowest BCUT2D eigenvalue weighted by Crippen LogP contribution is -2.12. The summed E-state index contributed by atoms with van der Waals surface area (Å²) in [6.45, 7) is 8.56. The van der Waals surface area contributed by atoms with E-state index < -0.39 is 0 Å². The molecule has 3 heteroatoms. The molecule has 0 spiro atoms. The zero-order chi connectivity index (χ0) is 12.1. The summed E-state index contributed by atoms with van der Waals surface area (Å²) in [7, 11) is 0. The molecule has 0 fully saturated rings. The van der Waals surface area contributed by atoms with Crippen molar-refractivity contribution in [3.63, 3.8) is 0 Å². The summed E-state index contributed by atoms with van der Waals surface area (Å²) in [6.07, 6.45) is 2.88. The third kappa shape index (κ3) is 2.56. The minimum atomic E-state index is 0.831. The van der Waals surface area contributed by atoms with Crippen LogP contribution >= 0.6 is 0 Å². The maximum absolute atomic E-state index is 4.67. The Morgan fingerprint density at radius 3 is 3.00 bits per heavy atom. The van der Waals surface area contributed by atoms with Crippen LogP contribution in [0.5, 0.6) is 0 Å². The smallest absolute Gasteiger partial charge is 0.0841 e. The van der Waals surface area contributed by atoms with Gasteiger partial charge in [0.05, 0.1) is 11.2 Å². The number of rotatable bonds is 6. The molecule has 0 aliphatic carbocycles. The number of allylic oxidation sites excluding steroid dienone is 1. The average molecular weight is 229 g/mol. The van der Waals surface area contributed by atoms with Crippen LogP contribution in [-0.2, 0) is 13.1 Å². The normalized spacial score (nSPS) is 10.9. The Bertz CT molecular complexity index is 499. The van der Waals surface area contributed by atoms with Crippen molar-refractivity contribution in [1.29, 1.82) is 0 Å². The summed E-state index contributed by atoms with van der Waals surface area (Å²) in [5.74, 6) is 0. The van der Waals surface area contributed by atoms with Crippen LogP contribution < -0.4 is 5.32 Å². The van der Waals surface area contributed by atoms with Crippen molar-refractivity contribution in [2.24, 2.45) is 0 Å². The molecule has 0 bridgehead atoms. The van der Waals surface area contributed by atoms with Gasteiger partial charge in [0.1, 0.15) is 0 Å². The lowest BCUT2D eigenvalue weighted by Gasteiger charge is -1.99. The topological polar surface area (TPSA) is 29.9 Å². The van der Waals surface area contributed by atoms with Crippen molar-refractivity contribution in [3.05, 3.63) is 42.6 Å². The molecule has 3 nitrogen and oxygen atoms in total. The molecule has 0 aliphatic heterocycles. The van der Waals surface area contributed by atoms with E-state index >= 15 is 0 Å². The molecular formula is C14H19N3. The standard InChI is InChI=1S/C14H19N3/c1-3-5-10-17-14-9-7-6-8-12(14)13(16-17)11-15-4-2/h3,6-9,15H,1,4-5,10-11H2,2H3. The zero-order valence-corrected chi connectivity index (χ0v) is 10.3. The van der Waals surface area contributed by atoms with Crippen molar-refractivity contribution in [2.75, 3.05) is 6.54 Å². The number of aryl methyl sites for hydroxylation is 1. The van der Waals surface area contributed by atoms with Gasteiger partial charge in [0, 0.05) is 18.5 Å². The summed E-state index contributed by atoms with van der Waals surface area (Å²) in [6, 6.07) is 8.39. The predicted molar refractivity (Wildman–Crippen MR) is 71.9 cm³/mol. The quantitative estimate of drug-likeness (QED) is 0.772. The summed E-state index contributed by atoms with van der Waals surface area (Å²) in [5.41, 5.74) is 2.34. The zero-order valence-electron chi connectivity index (χ0n) is 10.3. The largest absolute Gasteiger partial charge is 0.311 e. The molecule has 1 N–H and O–H groups in total. The molecule has 1 aromatic heterocycles. The van der Waals surface area contributed by atoms with E-state index in [-0.39, 0.29) is 0 Å². The number of nitrogens with zero attached hydrogens (tertiary/aromatic N) is 2. The SMILES string of the molecule is C=CCCn1nc(CNCC)c2ccccc21. The van der Waals surface area contributed by atoms with Crippen molar-refractivity contribution >= 4 is 10.9 Å². The van der Waals surface area contributed by atoms with Crippen LogP contribution in [0.4, 0.5) is 0 Å². The van der Waals surface area contributed by atoms with E-state index in [9.17, 15) is 0 Å². The highest BCUT2D eigenvalue weighted by molar-refractivity contribution is 5.81. The Kier molecular flexibility index (Phi) is 3.94. The third-order valence-electron chi connectivity index (χ3n) is 2.82. The van der Waals surface area contributed by atoms with E-state index in [0.717, 1.165) is 31.7 Å². The first-order valence-corrected chi connectivity index (χ1v) is 6.13. The van der Waals surface area contributed by atoms with Gasteiger partial charge < -0.3 is 5.32 Å².